The maximum atomic E-state index is 12.7. The molecule has 1 heterocycles. The molecule has 0 spiro atoms. The average molecular weight is 444 g/mol. The fraction of sp³-hybridized carbons (Fsp3) is 0.143. The largest absolute Gasteiger partial charge is 0.365 e. The Labute approximate surface area is 179 Å². The zero-order chi connectivity index (χ0) is 22.1. The Morgan fingerprint density at radius 2 is 1.67 bits per heavy atom. The highest BCUT2D eigenvalue weighted by atomic mass is 32.2. The average Bonchev–Trinajstić information content (AvgIpc) is 2.95. The monoisotopic (exact) mass is 443 g/mol. The lowest BCUT2D eigenvalue weighted by molar-refractivity contribution is 0.100. The second kappa shape index (κ2) is 8.29. The van der Waals surface area contributed by atoms with E-state index in [-0.39, 0.29) is 21.7 Å². The van der Waals surface area contributed by atoms with E-state index in [0.717, 1.165) is 16.0 Å². The van der Waals surface area contributed by atoms with Gasteiger partial charge in [-0.25, -0.2) is 8.42 Å². The Bertz CT molecular complexity index is 1230. The van der Waals surface area contributed by atoms with Gasteiger partial charge in [0.15, 0.2) is 0 Å². The van der Waals surface area contributed by atoms with E-state index in [0.29, 0.717) is 5.00 Å². The molecule has 4 N–H and O–H groups in total. The fourth-order valence-corrected chi connectivity index (χ4v) is 4.95. The minimum Gasteiger partial charge on any atom is -0.365 e. The summed E-state index contributed by atoms with van der Waals surface area (Å²) in [5.74, 6) is -1.10. The molecular weight excluding hydrogens is 422 g/mol. The van der Waals surface area contributed by atoms with Crippen molar-refractivity contribution in [3.63, 3.8) is 0 Å². The van der Waals surface area contributed by atoms with Crippen molar-refractivity contribution in [2.45, 2.75) is 25.7 Å². The maximum absolute atomic E-state index is 12.7. The number of anilines is 2. The lowest BCUT2D eigenvalue weighted by Gasteiger charge is -2.10. The molecule has 0 bridgehead atoms. The summed E-state index contributed by atoms with van der Waals surface area (Å²) in [5.41, 5.74) is 7.87. The smallest absolute Gasteiger partial charge is 0.261 e. The summed E-state index contributed by atoms with van der Waals surface area (Å²) in [6.45, 7) is 5.47. The molecule has 9 heteroatoms. The maximum Gasteiger partial charge on any atom is 0.261 e. The number of nitrogens with one attached hydrogen (secondary N) is 2. The van der Waals surface area contributed by atoms with Crippen molar-refractivity contribution in [2.24, 2.45) is 5.73 Å². The van der Waals surface area contributed by atoms with Crippen LogP contribution in [0.4, 0.5) is 10.7 Å². The Hall–Kier alpha value is -3.17. The van der Waals surface area contributed by atoms with Crippen LogP contribution in [-0.4, -0.2) is 20.2 Å². The number of sulfonamides is 1. The van der Waals surface area contributed by atoms with Crippen LogP contribution in [-0.2, 0) is 10.0 Å². The van der Waals surface area contributed by atoms with Crippen LogP contribution in [0.1, 0.15) is 36.7 Å². The molecular formula is C21H21N3O4S2. The van der Waals surface area contributed by atoms with Crippen LogP contribution in [0.3, 0.4) is 0 Å². The number of carbonyl (C=O) groups excluding carboxylic acids is 2. The number of carbonyl (C=O) groups is 2. The van der Waals surface area contributed by atoms with Gasteiger partial charge in [-0.15, -0.1) is 11.3 Å². The zero-order valence-corrected chi connectivity index (χ0v) is 18.3. The third-order valence-corrected chi connectivity index (χ3v) is 7.09. The van der Waals surface area contributed by atoms with Gasteiger partial charge in [0.2, 0.25) is 0 Å². The molecule has 2 aromatic carbocycles. The molecule has 0 aliphatic heterocycles. The second-order valence-corrected chi connectivity index (χ2v) is 9.71. The summed E-state index contributed by atoms with van der Waals surface area (Å²) >= 11 is 1.26. The molecule has 7 nitrogen and oxygen atoms in total. The van der Waals surface area contributed by atoms with Gasteiger partial charge < -0.3 is 11.1 Å². The minimum absolute atomic E-state index is 0.124. The second-order valence-electron chi connectivity index (χ2n) is 6.81. The molecule has 3 rings (SSSR count). The normalized spacial score (nSPS) is 11.2. The molecule has 0 fully saturated rings. The summed E-state index contributed by atoms with van der Waals surface area (Å²) in [6.07, 6.45) is 0. The van der Waals surface area contributed by atoms with Crippen molar-refractivity contribution in [1.29, 1.82) is 0 Å². The number of benzene rings is 2. The van der Waals surface area contributed by atoms with Gasteiger partial charge in [0.25, 0.3) is 21.8 Å². The molecule has 0 saturated carbocycles. The Balaban J connectivity index is 1.83. The van der Waals surface area contributed by atoms with E-state index in [1.54, 1.807) is 37.3 Å². The number of rotatable bonds is 6. The molecule has 0 saturated heterocycles. The van der Waals surface area contributed by atoms with Crippen molar-refractivity contribution < 1.29 is 18.0 Å². The molecule has 0 aliphatic carbocycles. The van der Waals surface area contributed by atoms with Gasteiger partial charge in [-0.3, -0.25) is 14.3 Å². The highest BCUT2D eigenvalue weighted by molar-refractivity contribution is 7.92. The summed E-state index contributed by atoms with van der Waals surface area (Å²) in [5, 5.41) is 3.07. The van der Waals surface area contributed by atoms with E-state index in [1.165, 1.54) is 29.5 Å². The number of aryl methyl sites for hydroxylation is 2. The topological polar surface area (TPSA) is 118 Å². The minimum atomic E-state index is -3.79. The van der Waals surface area contributed by atoms with Crippen LogP contribution < -0.4 is 15.8 Å². The van der Waals surface area contributed by atoms with E-state index < -0.39 is 21.8 Å². The molecule has 1 aromatic heterocycles. The molecule has 0 radical (unpaired) electrons. The molecule has 2 amide bonds. The summed E-state index contributed by atoms with van der Waals surface area (Å²) in [4.78, 5) is 25.4. The third kappa shape index (κ3) is 4.52. The van der Waals surface area contributed by atoms with Gasteiger partial charge >= 0.3 is 0 Å². The van der Waals surface area contributed by atoms with Gasteiger partial charge in [-0.05, 0) is 56.7 Å². The lowest BCUT2D eigenvalue weighted by Crippen LogP contribution is -2.18. The van der Waals surface area contributed by atoms with Gasteiger partial charge in [0.1, 0.15) is 5.00 Å². The van der Waals surface area contributed by atoms with Crippen molar-refractivity contribution in [3.05, 3.63) is 75.7 Å². The van der Waals surface area contributed by atoms with Gasteiger partial charge in [-0.2, -0.15) is 0 Å². The van der Waals surface area contributed by atoms with Crippen LogP contribution in [0.2, 0.25) is 0 Å². The Morgan fingerprint density at radius 3 is 2.30 bits per heavy atom. The first kappa shape index (κ1) is 21.5. The van der Waals surface area contributed by atoms with Gasteiger partial charge in [0.05, 0.1) is 10.5 Å². The SMILES string of the molecule is Cc1ccc(S(=O)(=O)Nc2cccc(C(=O)Nc3sc(C)c(C)c3C(N)=O)c2)cc1. The molecule has 156 valence electrons. The highest BCUT2D eigenvalue weighted by Crippen LogP contribution is 2.32. The molecule has 0 unspecified atom stereocenters. The quantitative estimate of drug-likeness (QED) is 0.536. The van der Waals surface area contributed by atoms with Gasteiger partial charge in [0, 0.05) is 16.1 Å². The predicted molar refractivity (Wildman–Crippen MR) is 119 cm³/mol. The van der Waals surface area contributed by atoms with Crippen molar-refractivity contribution in [2.75, 3.05) is 10.0 Å². The molecule has 3 aromatic rings. The summed E-state index contributed by atoms with van der Waals surface area (Å²) in [7, 11) is -3.79. The lowest BCUT2D eigenvalue weighted by atomic mass is 10.1. The number of hydrogen-bond acceptors (Lipinski definition) is 5. The third-order valence-electron chi connectivity index (χ3n) is 4.57. The van der Waals surface area contributed by atoms with Crippen LogP contribution >= 0.6 is 11.3 Å². The number of nitrogens with two attached hydrogens (primary N) is 1. The standard InChI is InChI=1S/C21H21N3O4S2/c1-12-7-9-17(10-8-12)30(27,28)24-16-6-4-5-15(11-16)20(26)23-21-18(19(22)25)13(2)14(3)29-21/h4-11,24H,1-3H3,(H2,22,25)(H,23,26). The van der Waals surface area contributed by atoms with E-state index in [1.807, 2.05) is 13.8 Å². The molecule has 0 atom stereocenters. The van der Waals surface area contributed by atoms with E-state index in [9.17, 15) is 18.0 Å². The first-order valence-corrected chi connectivity index (χ1v) is 11.3. The fourth-order valence-electron chi connectivity index (χ4n) is 2.84. The first-order valence-electron chi connectivity index (χ1n) is 8.99. The van der Waals surface area contributed by atoms with Crippen molar-refractivity contribution in [3.8, 4) is 0 Å². The number of amides is 2. The number of hydrogen-bond donors (Lipinski definition) is 3. The summed E-state index contributed by atoms with van der Waals surface area (Å²) in [6, 6.07) is 12.6. The van der Waals surface area contributed by atoms with E-state index >= 15 is 0 Å². The predicted octanol–water partition coefficient (Wildman–Crippen LogP) is 3.83. The molecule has 30 heavy (non-hydrogen) atoms. The Morgan fingerprint density at radius 1 is 1.00 bits per heavy atom. The van der Waals surface area contributed by atoms with Crippen LogP contribution in [0.25, 0.3) is 0 Å². The van der Waals surface area contributed by atoms with Crippen molar-refractivity contribution >= 4 is 43.9 Å². The van der Waals surface area contributed by atoms with Gasteiger partial charge in [-0.1, -0.05) is 23.8 Å². The van der Waals surface area contributed by atoms with Crippen LogP contribution in [0, 0.1) is 20.8 Å². The number of primary amides is 1. The van der Waals surface area contributed by atoms with E-state index in [4.69, 9.17) is 5.73 Å². The first-order chi connectivity index (χ1) is 14.1. The van der Waals surface area contributed by atoms with Crippen LogP contribution in [0.5, 0.6) is 0 Å². The summed E-state index contributed by atoms with van der Waals surface area (Å²) < 4.78 is 27.6. The van der Waals surface area contributed by atoms with Crippen molar-refractivity contribution in [1.82, 2.24) is 0 Å². The molecule has 0 aliphatic rings. The van der Waals surface area contributed by atoms with E-state index in [2.05, 4.69) is 10.0 Å². The van der Waals surface area contributed by atoms with Crippen LogP contribution in [0.15, 0.2) is 53.4 Å². The Kier molecular flexibility index (Phi) is 5.95. The zero-order valence-electron chi connectivity index (χ0n) is 16.6. The number of thiophene rings is 1. The highest BCUT2D eigenvalue weighted by Gasteiger charge is 2.20.